The van der Waals surface area contributed by atoms with Crippen LogP contribution in [0.2, 0.25) is 0 Å². The maximum atomic E-state index is 13.3. The van der Waals surface area contributed by atoms with Crippen molar-refractivity contribution >= 4 is 28.5 Å². The van der Waals surface area contributed by atoms with Crippen molar-refractivity contribution in [2.45, 2.75) is 19.3 Å². The van der Waals surface area contributed by atoms with E-state index in [1.54, 1.807) is 18.3 Å². The fraction of sp³-hybridized carbons (Fsp3) is 0.227. The lowest BCUT2D eigenvalue weighted by Crippen LogP contribution is -2.37. The molecule has 1 aromatic heterocycles. The molecule has 1 N–H and O–H groups in total. The second-order valence-corrected chi connectivity index (χ2v) is 8.04. The lowest BCUT2D eigenvalue weighted by atomic mass is 9.73. The first-order chi connectivity index (χ1) is 14.0. The van der Waals surface area contributed by atoms with Gasteiger partial charge < -0.3 is 14.8 Å². The van der Waals surface area contributed by atoms with Crippen LogP contribution in [0.4, 0.5) is 9.93 Å². The fourth-order valence-corrected chi connectivity index (χ4v) is 4.49. The summed E-state index contributed by atoms with van der Waals surface area (Å²) in [4.78, 5) is 28.8. The van der Waals surface area contributed by atoms with Crippen LogP contribution in [0.3, 0.4) is 0 Å². The maximum Gasteiger partial charge on any atom is 0.513 e. The van der Waals surface area contributed by atoms with Crippen molar-refractivity contribution in [2.75, 3.05) is 12.4 Å². The Kier molecular flexibility index (Phi) is 5.07. The van der Waals surface area contributed by atoms with Crippen molar-refractivity contribution < 1.29 is 19.1 Å². The quantitative estimate of drug-likeness (QED) is 0.503. The van der Waals surface area contributed by atoms with E-state index >= 15 is 0 Å². The number of ether oxygens (including phenoxy) is 2. The molecule has 0 saturated heterocycles. The number of rotatable bonds is 4. The van der Waals surface area contributed by atoms with Gasteiger partial charge in [-0.3, -0.25) is 4.79 Å². The van der Waals surface area contributed by atoms with Crippen molar-refractivity contribution in [3.63, 3.8) is 0 Å². The van der Waals surface area contributed by atoms with Gasteiger partial charge in [-0.2, -0.15) is 0 Å². The molecule has 0 bridgehead atoms. The van der Waals surface area contributed by atoms with Crippen molar-refractivity contribution in [3.8, 4) is 5.75 Å². The molecule has 4 rings (SSSR count). The molecule has 0 fully saturated rings. The number of anilines is 1. The minimum absolute atomic E-state index is 0.0662. The van der Waals surface area contributed by atoms with Crippen molar-refractivity contribution in [2.24, 2.45) is 5.41 Å². The molecular weight excluding hydrogens is 388 g/mol. The second kappa shape index (κ2) is 7.67. The molecule has 148 valence electrons. The van der Waals surface area contributed by atoms with Gasteiger partial charge in [-0.25, -0.2) is 9.78 Å². The lowest BCUT2D eigenvalue weighted by molar-refractivity contribution is -0.125. The molecule has 2 atom stereocenters. The van der Waals surface area contributed by atoms with Gasteiger partial charge in [-0.1, -0.05) is 36.4 Å². The highest BCUT2D eigenvalue weighted by molar-refractivity contribution is 7.13. The molecule has 1 heterocycles. The van der Waals surface area contributed by atoms with E-state index in [1.165, 1.54) is 18.4 Å². The zero-order valence-corrected chi connectivity index (χ0v) is 16.9. The zero-order valence-electron chi connectivity index (χ0n) is 16.0. The predicted molar refractivity (Wildman–Crippen MR) is 110 cm³/mol. The van der Waals surface area contributed by atoms with Crippen molar-refractivity contribution in [3.05, 3.63) is 76.8 Å². The topological polar surface area (TPSA) is 77.5 Å². The molecule has 0 unspecified atom stereocenters. The number of carbonyl (C=O) groups excluding carboxylic acids is 2. The number of carbonyl (C=O) groups is 2. The summed E-state index contributed by atoms with van der Waals surface area (Å²) in [6, 6.07) is 15.3. The molecule has 7 heteroatoms. The summed E-state index contributed by atoms with van der Waals surface area (Å²) in [7, 11) is 1.26. The van der Waals surface area contributed by atoms with Gasteiger partial charge in [0.2, 0.25) is 5.91 Å². The Morgan fingerprint density at radius 3 is 2.62 bits per heavy atom. The highest BCUT2D eigenvalue weighted by atomic mass is 32.1. The summed E-state index contributed by atoms with van der Waals surface area (Å²) in [5, 5.41) is 5.39. The standard InChI is InChI=1S/C22H20N2O4S/c1-22(19(25)24-20-23-11-12-29-20)13-15-5-3-4-6-17(15)18(22)14-7-9-16(10-8-14)28-21(26)27-2/h3-12,18H,13H2,1-2H3,(H,23,24,25)/t18-,22+/m0/s1. The average Bonchev–Trinajstić information content (AvgIpc) is 3.34. The van der Waals surface area contributed by atoms with E-state index < -0.39 is 11.6 Å². The van der Waals surface area contributed by atoms with E-state index in [0.717, 1.165) is 16.7 Å². The van der Waals surface area contributed by atoms with E-state index in [9.17, 15) is 9.59 Å². The number of nitrogens with one attached hydrogen (secondary N) is 1. The van der Waals surface area contributed by atoms with E-state index in [2.05, 4.69) is 27.2 Å². The number of nitrogens with zero attached hydrogens (tertiary/aromatic N) is 1. The Labute approximate surface area is 172 Å². The average molecular weight is 408 g/mol. The minimum atomic E-state index is -0.767. The summed E-state index contributed by atoms with van der Waals surface area (Å²) in [5.41, 5.74) is 2.58. The molecule has 2 aromatic carbocycles. The zero-order chi connectivity index (χ0) is 20.4. The molecule has 0 aliphatic heterocycles. The molecule has 1 aliphatic rings. The monoisotopic (exact) mass is 408 g/mol. The third-order valence-corrected chi connectivity index (χ3v) is 6.00. The molecule has 3 aromatic rings. The van der Waals surface area contributed by atoms with Gasteiger partial charge in [0.25, 0.3) is 0 Å². The molecule has 6 nitrogen and oxygen atoms in total. The lowest BCUT2D eigenvalue weighted by Gasteiger charge is -2.31. The summed E-state index contributed by atoms with van der Waals surface area (Å²) in [6.07, 6.45) is 1.53. The molecule has 1 amide bonds. The third-order valence-electron chi connectivity index (χ3n) is 5.31. The normalized spacial score (nSPS) is 20.0. The molecule has 1 aliphatic carbocycles. The van der Waals surface area contributed by atoms with Gasteiger partial charge in [-0.05, 0) is 42.2 Å². The summed E-state index contributed by atoms with van der Waals surface area (Å²) in [6.45, 7) is 1.99. The number of amides is 1. The van der Waals surface area contributed by atoms with Gasteiger partial charge in [0.15, 0.2) is 5.13 Å². The summed E-state index contributed by atoms with van der Waals surface area (Å²) in [5.74, 6) is 0.190. The predicted octanol–water partition coefficient (Wildman–Crippen LogP) is 4.62. The van der Waals surface area contributed by atoms with E-state index in [0.29, 0.717) is 17.3 Å². The molecule has 0 saturated carbocycles. The third kappa shape index (κ3) is 3.61. The van der Waals surface area contributed by atoms with Gasteiger partial charge >= 0.3 is 6.16 Å². The fourth-order valence-electron chi connectivity index (χ4n) is 3.97. The van der Waals surface area contributed by atoms with Gasteiger partial charge in [0, 0.05) is 17.5 Å². The highest BCUT2D eigenvalue weighted by Crippen LogP contribution is 2.51. The number of thiazole rings is 1. The Hall–Kier alpha value is -3.19. The van der Waals surface area contributed by atoms with E-state index in [4.69, 9.17) is 4.74 Å². The van der Waals surface area contributed by atoms with Crippen molar-refractivity contribution in [1.82, 2.24) is 4.98 Å². The van der Waals surface area contributed by atoms with Crippen LogP contribution in [0.25, 0.3) is 0 Å². The summed E-state index contributed by atoms with van der Waals surface area (Å²) < 4.78 is 9.60. The van der Waals surface area contributed by atoms with Gasteiger partial charge in [-0.15, -0.1) is 11.3 Å². The first-order valence-electron chi connectivity index (χ1n) is 9.16. The van der Waals surface area contributed by atoms with Crippen LogP contribution in [-0.2, 0) is 16.0 Å². The minimum Gasteiger partial charge on any atom is -0.437 e. The second-order valence-electron chi connectivity index (χ2n) is 7.14. The Bertz CT molecular complexity index is 1030. The van der Waals surface area contributed by atoms with Crippen LogP contribution in [0, 0.1) is 5.41 Å². The first kappa shape index (κ1) is 19.1. The number of fused-ring (bicyclic) bond motifs is 1. The van der Waals surface area contributed by atoms with Crippen molar-refractivity contribution in [1.29, 1.82) is 0 Å². The SMILES string of the molecule is COC(=O)Oc1ccc([C@H]2c3ccccc3C[C@@]2(C)C(=O)Nc2nccs2)cc1. The number of hydrogen-bond donors (Lipinski definition) is 1. The number of benzene rings is 2. The van der Waals surface area contributed by atoms with E-state index in [1.807, 2.05) is 36.6 Å². The Morgan fingerprint density at radius 1 is 1.17 bits per heavy atom. The van der Waals surface area contributed by atoms with Crippen LogP contribution >= 0.6 is 11.3 Å². The van der Waals surface area contributed by atoms with Crippen LogP contribution in [0.5, 0.6) is 5.75 Å². The van der Waals surface area contributed by atoms with Gasteiger partial charge in [0.1, 0.15) is 5.75 Å². The van der Waals surface area contributed by atoms with E-state index in [-0.39, 0.29) is 11.8 Å². The smallest absolute Gasteiger partial charge is 0.437 e. The Morgan fingerprint density at radius 2 is 1.93 bits per heavy atom. The number of hydrogen-bond acceptors (Lipinski definition) is 6. The van der Waals surface area contributed by atoms with Crippen LogP contribution in [0.15, 0.2) is 60.1 Å². The number of methoxy groups -OCH3 is 1. The Balaban J connectivity index is 1.69. The molecule has 29 heavy (non-hydrogen) atoms. The summed E-state index contributed by atoms with van der Waals surface area (Å²) >= 11 is 1.40. The molecule has 0 spiro atoms. The van der Waals surface area contributed by atoms with Gasteiger partial charge in [0.05, 0.1) is 12.5 Å². The molecule has 0 radical (unpaired) electrons. The largest absolute Gasteiger partial charge is 0.513 e. The molecular formula is C22H20N2O4S. The highest BCUT2D eigenvalue weighted by Gasteiger charge is 2.48. The first-order valence-corrected chi connectivity index (χ1v) is 10.0. The number of aromatic nitrogens is 1. The van der Waals surface area contributed by atoms with Crippen LogP contribution < -0.4 is 10.1 Å². The van der Waals surface area contributed by atoms with Crippen LogP contribution in [0.1, 0.15) is 29.5 Å². The van der Waals surface area contributed by atoms with Crippen LogP contribution in [-0.4, -0.2) is 24.2 Å². The maximum absolute atomic E-state index is 13.3.